The highest BCUT2D eigenvalue weighted by atomic mass is 35.5. The zero-order valence-corrected chi connectivity index (χ0v) is 15.4. The average molecular weight is 367 g/mol. The first-order valence-electron chi connectivity index (χ1n) is 8.41. The Labute approximate surface area is 153 Å². The minimum absolute atomic E-state index is 0.198. The molecule has 2 saturated heterocycles. The lowest BCUT2D eigenvalue weighted by molar-refractivity contribution is 0.114. The summed E-state index contributed by atoms with van der Waals surface area (Å²) in [6.07, 6.45) is 3.78. The predicted octanol–water partition coefficient (Wildman–Crippen LogP) is 3.61. The molecule has 3 rings (SSSR count). The van der Waals surface area contributed by atoms with Gasteiger partial charge < -0.3 is 10.2 Å². The van der Waals surface area contributed by atoms with Gasteiger partial charge in [0.2, 0.25) is 0 Å². The van der Waals surface area contributed by atoms with Crippen LogP contribution in [0.4, 0.5) is 10.5 Å². The van der Waals surface area contributed by atoms with Crippen molar-refractivity contribution in [3.63, 3.8) is 0 Å². The Hall–Kier alpha value is -1.37. The van der Waals surface area contributed by atoms with E-state index in [0.717, 1.165) is 19.8 Å². The molecule has 7 heteroatoms. The molecular formula is C17H23ClN4OS. The molecule has 0 spiro atoms. The smallest absolute Gasteiger partial charge is 0.328 e. The number of amides is 2. The van der Waals surface area contributed by atoms with E-state index in [-0.39, 0.29) is 6.03 Å². The maximum absolute atomic E-state index is 12.5. The van der Waals surface area contributed by atoms with Crippen LogP contribution in [0.15, 0.2) is 24.3 Å². The number of anilines is 1. The van der Waals surface area contributed by atoms with Gasteiger partial charge in [0.15, 0.2) is 5.11 Å². The number of carbonyl (C=O) groups is 1. The quantitative estimate of drug-likeness (QED) is 0.829. The monoisotopic (exact) mass is 366 g/mol. The van der Waals surface area contributed by atoms with E-state index >= 15 is 0 Å². The van der Waals surface area contributed by atoms with Crippen molar-refractivity contribution < 1.29 is 4.79 Å². The third-order valence-electron chi connectivity index (χ3n) is 4.71. The van der Waals surface area contributed by atoms with Gasteiger partial charge in [-0.3, -0.25) is 9.80 Å². The number of likely N-dealkylation sites (tertiary alicyclic amines) is 1. The molecule has 5 nitrogen and oxygen atoms in total. The second kappa shape index (κ2) is 7.68. The van der Waals surface area contributed by atoms with Crippen LogP contribution >= 0.6 is 23.8 Å². The van der Waals surface area contributed by atoms with Crippen LogP contribution in [-0.4, -0.2) is 58.2 Å². The number of nitrogens with zero attached hydrogens (tertiary/aromatic N) is 3. The molecule has 1 unspecified atom stereocenters. The summed E-state index contributed by atoms with van der Waals surface area (Å²) in [6, 6.07) is 7.51. The van der Waals surface area contributed by atoms with E-state index in [9.17, 15) is 4.79 Å². The molecule has 24 heavy (non-hydrogen) atoms. The first-order valence-corrected chi connectivity index (χ1v) is 9.20. The van der Waals surface area contributed by atoms with Crippen LogP contribution < -0.4 is 5.32 Å². The van der Waals surface area contributed by atoms with Gasteiger partial charge in [-0.25, -0.2) is 4.79 Å². The Morgan fingerprint density at radius 3 is 2.92 bits per heavy atom. The van der Waals surface area contributed by atoms with Crippen LogP contribution in [0.5, 0.6) is 0 Å². The Morgan fingerprint density at radius 2 is 2.17 bits per heavy atom. The maximum Gasteiger partial charge on any atom is 0.328 e. The van der Waals surface area contributed by atoms with Crippen molar-refractivity contribution in [3.8, 4) is 0 Å². The first kappa shape index (κ1) is 17.5. The fraction of sp³-hybridized carbons (Fsp3) is 0.529. The number of nitrogens with one attached hydrogen (secondary N) is 1. The maximum atomic E-state index is 12.5. The third-order valence-corrected chi connectivity index (χ3v) is 5.42. The molecule has 1 atom stereocenters. The van der Waals surface area contributed by atoms with E-state index in [1.807, 2.05) is 12.1 Å². The number of urea groups is 1. The van der Waals surface area contributed by atoms with Crippen molar-refractivity contribution >= 4 is 40.6 Å². The summed E-state index contributed by atoms with van der Waals surface area (Å²) in [5.41, 5.74) is 0.679. The number of benzene rings is 1. The Kier molecular flexibility index (Phi) is 5.58. The van der Waals surface area contributed by atoms with E-state index in [1.165, 1.54) is 19.3 Å². The molecule has 2 amide bonds. The first-order chi connectivity index (χ1) is 11.5. The fourth-order valence-corrected chi connectivity index (χ4v) is 3.76. The van der Waals surface area contributed by atoms with Gasteiger partial charge in [0.1, 0.15) is 0 Å². The third kappa shape index (κ3) is 3.99. The van der Waals surface area contributed by atoms with E-state index in [1.54, 1.807) is 17.0 Å². The van der Waals surface area contributed by atoms with Crippen LogP contribution in [0, 0.1) is 0 Å². The lowest BCUT2D eigenvalue weighted by Crippen LogP contribution is -2.47. The summed E-state index contributed by atoms with van der Waals surface area (Å²) in [5.74, 6) is 0. The van der Waals surface area contributed by atoms with Crippen molar-refractivity contribution in [2.45, 2.75) is 32.2 Å². The number of thiocarbonyl (C=S) groups is 1. The summed E-state index contributed by atoms with van der Waals surface area (Å²) < 4.78 is 0. The van der Waals surface area contributed by atoms with Crippen LogP contribution in [0.25, 0.3) is 0 Å². The van der Waals surface area contributed by atoms with E-state index in [2.05, 4.69) is 22.0 Å². The minimum Gasteiger partial charge on any atom is -0.334 e. The van der Waals surface area contributed by atoms with Gasteiger partial charge in [-0.2, -0.15) is 0 Å². The average Bonchev–Trinajstić information content (AvgIpc) is 2.91. The topological polar surface area (TPSA) is 38.8 Å². The van der Waals surface area contributed by atoms with Crippen molar-refractivity contribution in [1.82, 2.24) is 14.7 Å². The number of hydrogen-bond donors (Lipinski definition) is 1. The summed E-state index contributed by atoms with van der Waals surface area (Å²) in [5, 5.41) is 4.06. The molecule has 1 aromatic rings. The van der Waals surface area contributed by atoms with E-state index < -0.39 is 0 Å². The Balaban J connectivity index is 1.58. The zero-order chi connectivity index (χ0) is 17.1. The SMILES string of the molecule is CC1CCCCN1CN1CCN(C(=O)Nc2cccc(Cl)c2)C1=S. The molecule has 0 radical (unpaired) electrons. The van der Waals surface area contributed by atoms with Gasteiger partial charge in [0.25, 0.3) is 0 Å². The minimum atomic E-state index is -0.198. The van der Waals surface area contributed by atoms with Gasteiger partial charge in [-0.15, -0.1) is 0 Å². The van der Waals surface area contributed by atoms with Crippen molar-refractivity contribution in [3.05, 3.63) is 29.3 Å². The normalized spacial score (nSPS) is 22.1. The molecule has 2 aliphatic rings. The van der Waals surface area contributed by atoms with Gasteiger partial charge >= 0.3 is 6.03 Å². The van der Waals surface area contributed by atoms with Crippen LogP contribution in [0.1, 0.15) is 26.2 Å². The predicted molar refractivity (Wildman–Crippen MR) is 101 cm³/mol. The molecule has 2 heterocycles. The largest absolute Gasteiger partial charge is 0.334 e. The van der Waals surface area contributed by atoms with Crippen molar-refractivity contribution in [1.29, 1.82) is 0 Å². The van der Waals surface area contributed by atoms with Crippen LogP contribution in [0.2, 0.25) is 5.02 Å². The van der Waals surface area contributed by atoms with Gasteiger partial charge in [-0.1, -0.05) is 24.1 Å². The van der Waals surface area contributed by atoms with Gasteiger partial charge in [0, 0.05) is 36.4 Å². The zero-order valence-electron chi connectivity index (χ0n) is 13.9. The van der Waals surface area contributed by atoms with Crippen LogP contribution in [-0.2, 0) is 0 Å². The highest BCUT2D eigenvalue weighted by Gasteiger charge is 2.32. The molecule has 0 aromatic heterocycles. The number of rotatable bonds is 3. The second-order valence-electron chi connectivity index (χ2n) is 6.44. The molecule has 1 aromatic carbocycles. The van der Waals surface area contributed by atoms with Gasteiger partial charge in [0.05, 0.1) is 6.67 Å². The number of carbonyl (C=O) groups excluding carboxylic acids is 1. The highest BCUT2D eigenvalue weighted by Crippen LogP contribution is 2.20. The summed E-state index contributed by atoms with van der Waals surface area (Å²) in [7, 11) is 0. The van der Waals surface area contributed by atoms with Crippen LogP contribution in [0.3, 0.4) is 0 Å². The number of piperidine rings is 1. The molecular weight excluding hydrogens is 344 g/mol. The second-order valence-corrected chi connectivity index (χ2v) is 7.24. The molecule has 1 N–H and O–H groups in total. The highest BCUT2D eigenvalue weighted by molar-refractivity contribution is 7.80. The summed E-state index contributed by atoms with van der Waals surface area (Å²) in [4.78, 5) is 18.7. The molecule has 0 saturated carbocycles. The Bertz CT molecular complexity index is 626. The molecule has 2 fully saturated rings. The van der Waals surface area contributed by atoms with E-state index in [4.69, 9.17) is 23.8 Å². The Morgan fingerprint density at radius 1 is 1.33 bits per heavy atom. The lowest BCUT2D eigenvalue weighted by Gasteiger charge is -2.36. The molecule has 0 bridgehead atoms. The number of hydrogen-bond acceptors (Lipinski definition) is 3. The van der Waals surface area contributed by atoms with Crippen molar-refractivity contribution in [2.24, 2.45) is 0 Å². The summed E-state index contributed by atoms with van der Waals surface area (Å²) in [6.45, 7) is 5.58. The molecule has 130 valence electrons. The van der Waals surface area contributed by atoms with Gasteiger partial charge in [-0.05, 0) is 50.2 Å². The molecule has 0 aliphatic carbocycles. The fourth-order valence-electron chi connectivity index (χ4n) is 3.25. The standard InChI is InChI=1S/C17H23ClN4OS/c1-13-5-2-3-8-20(13)12-21-9-10-22(17(21)24)16(23)19-15-7-4-6-14(18)11-15/h4,6-7,11,13H,2-3,5,8-10,12H2,1H3,(H,19,23). The molecule has 2 aliphatic heterocycles. The van der Waals surface area contributed by atoms with E-state index in [0.29, 0.717) is 28.4 Å². The number of halogens is 1. The van der Waals surface area contributed by atoms with Crippen molar-refractivity contribution in [2.75, 3.05) is 31.6 Å². The lowest BCUT2D eigenvalue weighted by atomic mass is 10.0. The summed E-state index contributed by atoms with van der Waals surface area (Å²) >= 11 is 11.5.